The molecule has 1 rings (SSSR count). The lowest BCUT2D eigenvalue weighted by Gasteiger charge is -2.13. The molecule has 78 valence electrons. The fourth-order valence-corrected chi connectivity index (χ4v) is 1.20. The van der Waals surface area contributed by atoms with Gasteiger partial charge in [-0.25, -0.2) is 0 Å². The quantitative estimate of drug-likeness (QED) is 0.779. The molecule has 0 aliphatic rings. The Kier molecular flexibility index (Phi) is 4.47. The molecule has 0 bridgehead atoms. The standard InChI is InChI=1S/C12H19NO/c1-3-11(8-13)9-14-12-6-4-10(2)5-7-12/h4-7,11H,3,8-9,13H2,1-2H3. The predicted octanol–water partition coefficient (Wildman–Crippen LogP) is 2.36. The van der Waals surface area contributed by atoms with Gasteiger partial charge in [0.1, 0.15) is 5.75 Å². The van der Waals surface area contributed by atoms with Gasteiger partial charge in [-0.1, -0.05) is 24.6 Å². The van der Waals surface area contributed by atoms with E-state index < -0.39 is 0 Å². The number of benzene rings is 1. The van der Waals surface area contributed by atoms with Gasteiger partial charge in [-0.05, 0) is 32.0 Å². The molecule has 0 radical (unpaired) electrons. The summed E-state index contributed by atoms with van der Waals surface area (Å²) < 4.78 is 5.62. The van der Waals surface area contributed by atoms with Crippen molar-refractivity contribution in [1.29, 1.82) is 0 Å². The van der Waals surface area contributed by atoms with Crippen molar-refractivity contribution in [1.82, 2.24) is 0 Å². The zero-order chi connectivity index (χ0) is 10.4. The molecule has 1 unspecified atom stereocenters. The number of aryl methyl sites for hydroxylation is 1. The van der Waals surface area contributed by atoms with Gasteiger partial charge in [-0.3, -0.25) is 0 Å². The Labute approximate surface area is 86.1 Å². The molecule has 0 saturated heterocycles. The van der Waals surface area contributed by atoms with E-state index in [0.717, 1.165) is 18.8 Å². The minimum Gasteiger partial charge on any atom is -0.493 e. The van der Waals surface area contributed by atoms with Gasteiger partial charge in [-0.15, -0.1) is 0 Å². The molecule has 0 spiro atoms. The van der Waals surface area contributed by atoms with Gasteiger partial charge in [-0.2, -0.15) is 0 Å². The van der Waals surface area contributed by atoms with Gasteiger partial charge in [0, 0.05) is 5.92 Å². The van der Waals surface area contributed by atoms with E-state index in [1.807, 2.05) is 12.1 Å². The van der Waals surface area contributed by atoms with Gasteiger partial charge in [0.15, 0.2) is 0 Å². The van der Waals surface area contributed by atoms with Crippen LogP contribution < -0.4 is 10.5 Å². The van der Waals surface area contributed by atoms with E-state index in [-0.39, 0.29) is 0 Å². The van der Waals surface area contributed by atoms with E-state index in [9.17, 15) is 0 Å². The molecule has 0 fully saturated rings. The summed E-state index contributed by atoms with van der Waals surface area (Å²) in [6.07, 6.45) is 1.07. The maximum absolute atomic E-state index is 5.62. The Balaban J connectivity index is 2.41. The normalized spacial score (nSPS) is 12.5. The van der Waals surface area contributed by atoms with Crippen LogP contribution in [0.3, 0.4) is 0 Å². The topological polar surface area (TPSA) is 35.2 Å². The summed E-state index contributed by atoms with van der Waals surface area (Å²) in [4.78, 5) is 0. The van der Waals surface area contributed by atoms with Crippen LogP contribution in [0.1, 0.15) is 18.9 Å². The van der Waals surface area contributed by atoms with Crippen LogP contribution in [0.15, 0.2) is 24.3 Å². The van der Waals surface area contributed by atoms with Gasteiger partial charge in [0.05, 0.1) is 6.61 Å². The van der Waals surface area contributed by atoms with Crippen LogP contribution in [-0.2, 0) is 0 Å². The molecule has 2 nitrogen and oxygen atoms in total. The van der Waals surface area contributed by atoms with E-state index >= 15 is 0 Å². The van der Waals surface area contributed by atoms with Crippen molar-refractivity contribution in [3.05, 3.63) is 29.8 Å². The number of ether oxygens (including phenoxy) is 1. The first kappa shape index (κ1) is 11.1. The minimum absolute atomic E-state index is 0.469. The molecule has 0 amide bonds. The van der Waals surface area contributed by atoms with Crippen molar-refractivity contribution in [2.75, 3.05) is 13.2 Å². The molecule has 1 aromatic carbocycles. The second-order valence-electron chi connectivity index (χ2n) is 3.63. The Bertz CT molecular complexity index is 252. The first-order valence-electron chi connectivity index (χ1n) is 5.15. The first-order valence-corrected chi connectivity index (χ1v) is 5.15. The third kappa shape index (κ3) is 3.38. The molecule has 0 saturated carbocycles. The summed E-state index contributed by atoms with van der Waals surface area (Å²) in [6.45, 7) is 5.62. The van der Waals surface area contributed by atoms with Crippen LogP contribution in [-0.4, -0.2) is 13.2 Å². The highest BCUT2D eigenvalue weighted by atomic mass is 16.5. The largest absolute Gasteiger partial charge is 0.493 e. The highest BCUT2D eigenvalue weighted by Gasteiger charge is 2.04. The smallest absolute Gasteiger partial charge is 0.119 e. The lowest BCUT2D eigenvalue weighted by Crippen LogP contribution is -2.20. The molecule has 0 aromatic heterocycles. The summed E-state index contributed by atoms with van der Waals surface area (Å²) in [5, 5.41) is 0. The van der Waals surface area contributed by atoms with Crippen LogP contribution in [0.4, 0.5) is 0 Å². The van der Waals surface area contributed by atoms with E-state index in [2.05, 4.69) is 26.0 Å². The van der Waals surface area contributed by atoms with Crippen molar-refractivity contribution in [2.45, 2.75) is 20.3 Å². The second kappa shape index (κ2) is 5.66. The average Bonchev–Trinajstić information content (AvgIpc) is 2.22. The molecule has 1 atom stereocenters. The summed E-state index contributed by atoms with van der Waals surface area (Å²) in [6, 6.07) is 8.11. The Hall–Kier alpha value is -1.02. The Morgan fingerprint density at radius 2 is 1.93 bits per heavy atom. The van der Waals surface area contributed by atoms with Gasteiger partial charge in [0.25, 0.3) is 0 Å². The fourth-order valence-electron chi connectivity index (χ4n) is 1.20. The monoisotopic (exact) mass is 193 g/mol. The minimum atomic E-state index is 0.469. The van der Waals surface area contributed by atoms with Crippen molar-refractivity contribution >= 4 is 0 Å². The summed E-state index contributed by atoms with van der Waals surface area (Å²) in [5.41, 5.74) is 6.84. The highest BCUT2D eigenvalue weighted by Crippen LogP contribution is 2.13. The number of nitrogens with two attached hydrogens (primary N) is 1. The van der Waals surface area contributed by atoms with Gasteiger partial charge >= 0.3 is 0 Å². The van der Waals surface area contributed by atoms with E-state index in [0.29, 0.717) is 12.5 Å². The maximum atomic E-state index is 5.62. The lowest BCUT2D eigenvalue weighted by molar-refractivity contribution is 0.249. The molecule has 1 aromatic rings. The highest BCUT2D eigenvalue weighted by molar-refractivity contribution is 5.26. The molecule has 14 heavy (non-hydrogen) atoms. The van der Waals surface area contributed by atoms with Gasteiger partial charge < -0.3 is 10.5 Å². The predicted molar refractivity (Wildman–Crippen MR) is 59.5 cm³/mol. The van der Waals surface area contributed by atoms with Crippen molar-refractivity contribution in [3.63, 3.8) is 0 Å². The number of hydrogen-bond acceptors (Lipinski definition) is 2. The van der Waals surface area contributed by atoms with Crippen molar-refractivity contribution < 1.29 is 4.74 Å². The zero-order valence-electron chi connectivity index (χ0n) is 8.99. The fraction of sp³-hybridized carbons (Fsp3) is 0.500. The molecular formula is C12H19NO. The third-order valence-corrected chi connectivity index (χ3v) is 2.42. The lowest BCUT2D eigenvalue weighted by atomic mass is 10.1. The Morgan fingerprint density at radius 3 is 2.43 bits per heavy atom. The molecule has 0 heterocycles. The third-order valence-electron chi connectivity index (χ3n) is 2.42. The van der Waals surface area contributed by atoms with Crippen molar-refractivity contribution in [2.24, 2.45) is 11.7 Å². The maximum Gasteiger partial charge on any atom is 0.119 e. The summed E-state index contributed by atoms with van der Waals surface area (Å²) in [5.74, 6) is 1.40. The van der Waals surface area contributed by atoms with Crippen LogP contribution in [0.2, 0.25) is 0 Å². The summed E-state index contributed by atoms with van der Waals surface area (Å²) in [7, 11) is 0. The van der Waals surface area contributed by atoms with Crippen molar-refractivity contribution in [3.8, 4) is 5.75 Å². The van der Waals surface area contributed by atoms with Crippen LogP contribution in [0, 0.1) is 12.8 Å². The van der Waals surface area contributed by atoms with Crippen LogP contribution >= 0.6 is 0 Å². The molecule has 2 N–H and O–H groups in total. The van der Waals surface area contributed by atoms with E-state index in [4.69, 9.17) is 10.5 Å². The number of rotatable bonds is 5. The molecule has 0 aliphatic heterocycles. The van der Waals surface area contributed by atoms with Gasteiger partial charge in [0.2, 0.25) is 0 Å². The van der Waals surface area contributed by atoms with Crippen LogP contribution in [0.5, 0.6) is 5.75 Å². The SMILES string of the molecule is CCC(CN)COc1ccc(C)cc1. The van der Waals surface area contributed by atoms with E-state index in [1.165, 1.54) is 5.56 Å². The van der Waals surface area contributed by atoms with E-state index in [1.54, 1.807) is 0 Å². The first-order chi connectivity index (χ1) is 6.76. The second-order valence-corrected chi connectivity index (χ2v) is 3.63. The average molecular weight is 193 g/mol. The van der Waals surface area contributed by atoms with Crippen LogP contribution in [0.25, 0.3) is 0 Å². The molecule has 2 heteroatoms. The molecular weight excluding hydrogens is 174 g/mol. The zero-order valence-corrected chi connectivity index (χ0v) is 8.99. The Morgan fingerprint density at radius 1 is 1.29 bits per heavy atom. The molecule has 0 aliphatic carbocycles. The number of hydrogen-bond donors (Lipinski definition) is 1. The summed E-state index contributed by atoms with van der Waals surface area (Å²) >= 11 is 0.